The van der Waals surface area contributed by atoms with E-state index in [0.717, 1.165) is 12.1 Å². The molecule has 0 radical (unpaired) electrons. The van der Waals surface area contributed by atoms with Gasteiger partial charge in [0.1, 0.15) is 0 Å². The third-order valence-electron chi connectivity index (χ3n) is 2.10. The van der Waals surface area contributed by atoms with Gasteiger partial charge in [0, 0.05) is 10.8 Å². The second kappa shape index (κ2) is 2.81. The van der Waals surface area contributed by atoms with E-state index >= 15 is 0 Å². The average molecular weight is 170 g/mol. The van der Waals surface area contributed by atoms with Gasteiger partial charge in [0.25, 0.3) is 0 Å². The van der Waals surface area contributed by atoms with Crippen LogP contribution in [0.5, 0.6) is 0 Å². The highest BCUT2D eigenvalue weighted by Crippen LogP contribution is 2.28. The average Bonchev–Trinajstić information content (AvgIpc) is 2.36. The maximum absolute atomic E-state index is 5.54. The molecule has 0 unspecified atom stereocenters. The summed E-state index contributed by atoms with van der Waals surface area (Å²) >= 11 is 1.51. The number of hydrogen-bond donors (Lipinski definition) is 1. The molecule has 11 heavy (non-hydrogen) atoms. The van der Waals surface area contributed by atoms with Crippen molar-refractivity contribution in [2.75, 3.05) is 5.73 Å². The maximum Gasteiger partial charge on any atom is 0.180 e. The van der Waals surface area contributed by atoms with Crippen molar-refractivity contribution in [2.24, 2.45) is 0 Å². The van der Waals surface area contributed by atoms with E-state index in [9.17, 15) is 0 Å². The Labute approximate surface area is 71.5 Å². The largest absolute Gasteiger partial charge is 0.375 e. The topological polar surface area (TPSA) is 38.9 Å². The fourth-order valence-corrected chi connectivity index (χ4v) is 1.53. The number of rotatable bonds is 2. The van der Waals surface area contributed by atoms with Crippen LogP contribution in [0.15, 0.2) is 5.38 Å². The molecule has 0 spiro atoms. The van der Waals surface area contributed by atoms with E-state index < -0.39 is 0 Å². The molecule has 3 heteroatoms. The van der Waals surface area contributed by atoms with Crippen molar-refractivity contribution in [3.63, 3.8) is 0 Å². The van der Waals surface area contributed by atoms with Crippen LogP contribution in [0.25, 0.3) is 0 Å². The fourth-order valence-electron chi connectivity index (χ4n) is 0.780. The van der Waals surface area contributed by atoms with Gasteiger partial charge in [0.05, 0.1) is 5.69 Å². The number of hydrogen-bond acceptors (Lipinski definition) is 3. The Morgan fingerprint density at radius 1 is 1.64 bits per heavy atom. The highest BCUT2D eigenvalue weighted by molar-refractivity contribution is 7.13. The van der Waals surface area contributed by atoms with Gasteiger partial charge in [-0.2, -0.15) is 0 Å². The predicted molar refractivity (Wildman–Crippen MR) is 49.8 cm³/mol. The minimum absolute atomic E-state index is 0.175. The maximum atomic E-state index is 5.54. The third kappa shape index (κ3) is 1.71. The molecule has 2 N–H and O–H groups in total. The minimum atomic E-state index is 0.175. The lowest BCUT2D eigenvalue weighted by Gasteiger charge is -2.19. The van der Waals surface area contributed by atoms with Crippen LogP contribution in [-0.4, -0.2) is 4.98 Å². The second-order valence-corrected chi connectivity index (χ2v) is 4.20. The number of anilines is 1. The normalized spacial score (nSPS) is 11.9. The zero-order valence-corrected chi connectivity index (χ0v) is 8.03. The van der Waals surface area contributed by atoms with Crippen molar-refractivity contribution in [1.29, 1.82) is 0 Å². The summed E-state index contributed by atoms with van der Waals surface area (Å²) < 4.78 is 0. The predicted octanol–water partition coefficient (Wildman–Crippen LogP) is 2.41. The molecule has 62 valence electrons. The van der Waals surface area contributed by atoms with Gasteiger partial charge in [-0.05, 0) is 6.42 Å². The lowest BCUT2D eigenvalue weighted by atomic mass is 9.87. The Balaban J connectivity index is 2.92. The number of nitrogen functional groups attached to an aromatic ring is 1. The smallest absolute Gasteiger partial charge is 0.180 e. The number of nitrogens with two attached hydrogens (primary N) is 1. The van der Waals surface area contributed by atoms with Crippen LogP contribution < -0.4 is 5.73 Å². The Morgan fingerprint density at radius 2 is 2.27 bits per heavy atom. The zero-order valence-electron chi connectivity index (χ0n) is 7.22. The molecule has 1 rings (SSSR count). The Bertz CT molecular complexity index is 240. The quantitative estimate of drug-likeness (QED) is 0.740. The lowest BCUT2D eigenvalue weighted by Crippen LogP contribution is -2.15. The Morgan fingerprint density at radius 3 is 2.64 bits per heavy atom. The molecule has 0 saturated carbocycles. The van der Waals surface area contributed by atoms with Gasteiger partial charge in [-0.1, -0.05) is 20.8 Å². The molecular weight excluding hydrogens is 156 g/mol. The van der Waals surface area contributed by atoms with E-state index in [1.165, 1.54) is 11.3 Å². The standard InChI is InChI=1S/C8H14N2S/c1-4-8(2,3)6-5-11-7(9)10-6/h5H,4H2,1-3H3,(H2,9,10). The molecule has 0 saturated heterocycles. The van der Waals surface area contributed by atoms with Crippen molar-refractivity contribution in [3.8, 4) is 0 Å². The van der Waals surface area contributed by atoms with Gasteiger partial charge in [0.15, 0.2) is 5.13 Å². The van der Waals surface area contributed by atoms with E-state index in [4.69, 9.17) is 5.73 Å². The summed E-state index contributed by atoms with van der Waals surface area (Å²) in [5.74, 6) is 0. The molecule has 1 heterocycles. The van der Waals surface area contributed by atoms with Crippen LogP contribution >= 0.6 is 11.3 Å². The van der Waals surface area contributed by atoms with Crippen LogP contribution in [0.4, 0.5) is 5.13 Å². The summed E-state index contributed by atoms with van der Waals surface area (Å²) in [6.07, 6.45) is 1.09. The molecule has 0 aliphatic carbocycles. The summed E-state index contributed by atoms with van der Waals surface area (Å²) in [5, 5.41) is 2.71. The van der Waals surface area contributed by atoms with Gasteiger partial charge >= 0.3 is 0 Å². The zero-order chi connectivity index (χ0) is 8.48. The van der Waals surface area contributed by atoms with Crippen LogP contribution in [0.3, 0.4) is 0 Å². The Kier molecular flexibility index (Phi) is 2.18. The van der Waals surface area contributed by atoms with Crippen LogP contribution in [0.1, 0.15) is 32.9 Å². The van der Waals surface area contributed by atoms with Gasteiger partial charge in [-0.3, -0.25) is 0 Å². The highest BCUT2D eigenvalue weighted by atomic mass is 32.1. The first-order valence-corrected chi connectivity index (χ1v) is 4.65. The summed E-state index contributed by atoms with van der Waals surface area (Å²) in [4.78, 5) is 4.25. The highest BCUT2D eigenvalue weighted by Gasteiger charge is 2.20. The van der Waals surface area contributed by atoms with Crippen molar-refractivity contribution in [1.82, 2.24) is 4.98 Å². The van der Waals surface area contributed by atoms with Crippen LogP contribution in [0, 0.1) is 0 Å². The van der Waals surface area contributed by atoms with E-state index in [1.54, 1.807) is 0 Å². The SMILES string of the molecule is CCC(C)(C)c1csc(N)n1. The van der Waals surface area contributed by atoms with E-state index in [0.29, 0.717) is 5.13 Å². The summed E-state index contributed by atoms with van der Waals surface area (Å²) in [6, 6.07) is 0. The molecule has 0 amide bonds. The molecule has 1 aromatic rings. The molecule has 0 atom stereocenters. The summed E-state index contributed by atoms with van der Waals surface area (Å²) in [7, 11) is 0. The monoisotopic (exact) mass is 170 g/mol. The van der Waals surface area contributed by atoms with E-state index in [2.05, 4.69) is 25.8 Å². The van der Waals surface area contributed by atoms with Gasteiger partial charge < -0.3 is 5.73 Å². The molecule has 0 aromatic carbocycles. The Hall–Kier alpha value is -0.570. The number of thiazole rings is 1. The molecule has 2 nitrogen and oxygen atoms in total. The first kappa shape index (κ1) is 8.53. The molecular formula is C8H14N2S. The van der Waals surface area contributed by atoms with E-state index in [1.807, 2.05) is 5.38 Å². The fraction of sp³-hybridized carbons (Fsp3) is 0.625. The van der Waals surface area contributed by atoms with Gasteiger partial charge in [0.2, 0.25) is 0 Å². The van der Waals surface area contributed by atoms with Crippen LogP contribution in [-0.2, 0) is 5.41 Å². The second-order valence-electron chi connectivity index (χ2n) is 3.31. The van der Waals surface area contributed by atoms with Gasteiger partial charge in [-0.25, -0.2) is 4.98 Å². The molecule has 0 aliphatic rings. The molecule has 1 aromatic heterocycles. The van der Waals surface area contributed by atoms with Crippen molar-refractivity contribution in [2.45, 2.75) is 32.6 Å². The van der Waals surface area contributed by atoms with Crippen molar-refractivity contribution in [3.05, 3.63) is 11.1 Å². The minimum Gasteiger partial charge on any atom is -0.375 e. The third-order valence-corrected chi connectivity index (χ3v) is 2.77. The van der Waals surface area contributed by atoms with Crippen LogP contribution in [0.2, 0.25) is 0 Å². The first-order valence-electron chi connectivity index (χ1n) is 3.78. The summed E-state index contributed by atoms with van der Waals surface area (Å²) in [5.41, 5.74) is 6.83. The number of nitrogens with zero attached hydrogens (tertiary/aromatic N) is 1. The lowest BCUT2D eigenvalue weighted by molar-refractivity contribution is 0.494. The van der Waals surface area contributed by atoms with E-state index in [-0.39, 0.29) is 5.41 Å². The molecule has 0 aliphatic heterocycles. The molecule has 0 bridgehead atoms. The van der Waals surface area contributed by atoms with Crippen molar-refractivity contribution >= 4 is 16.5 Å². The van der Waals surface area contributed by atoms with Gasteiger partial charge in [-0.15, -0.1) is 11.3 Å². The number of aromatic nitrogens is 1. The summed E-state index contributed by atoms with van der Waals surface area (Å²) in [6.45, 7) is 6.53. The first-order chi connectivity index (χ1) is 5.06. The molecule has 0 fully saturated rings. The van der Waals surface area contributed by atoms with Crippen molar-refractivity contribution < 1.29 is 0 Å².